The largest absolute Gasteiger partial charge is 0.484 e. The Hall–Kier alpha value is -3.29. The fourth-order valence-corrected chi connectivity index (χ4v) is 3.24. The van der Waals surface area contributed by atoms with Gasteiger partial charge in [0.15, 0.2) is 5.76 Å². The van der Waals surface area contributed by atoms with Crippen LogP contribution in [0.15, 0.2) is 71.4 Å². The summed E-state index contributed by atoms with van der Waals surface area (Å²) < 4.78 is 25.9. The summed E-state index contributed by atoms with van der Waals surface area (Å²) in [5.41, 5.74) is 1.19. The van der Waals surface area contributed by atoms with E-state index >= 15 is 0 Å². The smallest absolute Gasteiger partial charge is 0.291 e. The van der Waals surface area contributed by atoms with Crippen LogP contribution in [0, 0.1) is 5.82 Å². The van der Waals surface area contributed by atoms with Crippen LogP contribution in [0.3, 0.4) is 0 Å². The maximum atomic E-state index is 13.2. The highest BCUT2D eigenvalue weighted by molar-refractivity contribution is 6.32. The number of halogens is 3. The number of carbonyl (C=O) groups is 1. The molecule has 31 heavy (non-hydrogen) atoms. The molecular formula is C22H16Cl2FN3O3. The van der Waals surface area contributed by atoms with Crippen LogP contribution in [0.5, 0.6) is 5.75 Å². The van der Waals surface area contributed by atoms with Crippen LogP contribution in [0.1, 0.15) is 21.9 Å². The van der Waals surface area contributed by atoms with Crippen LogP contribution in [0.25, 0.3) is 0 Å². The van der Waals surface area contributed by atoms with Crippen LogP contribution in [-0.4, -0.2) is 15.7 Å². The molecule has 1 N–H and O–H groups in total. The van der Waals surface area contributed by atoms with Gasteiger partial charge in [0.2, 0.25) is 0 Å². The Bertz CT molecular complexity index is 1220. The molecule has 9 heteroatoms. The number of hydrogen-bond donors (Lipinski definition) is 1. The molecule has 0 aliphatic carbocycles. The first-order valence-electron chi connectivity index (χ1n) is 9.22. The molecule has 2 aromatic heterocycles. The Balaban J connectivity index is 1.35. The highest BCUT2D eigenvalue weighted by Crippen LogP contribution is 2.24. The van der Waals surface area contributed by atoms with Gasteiger partial charge in [-0.2, -0.15) is 5.10 Å². The number of carbonyl (C=O) groups excluding carboxylic acids is 1. The minimum absolute atomic E-state index is 0.132. The van der Waals surface area contributed by atoms with E-state index in [2.05, 4.69) is 10.4 Å². The molecule has 2 aromatic carbocycles. The molecule has 0 radical (unpaired) electrons. The van der Waals surface area contributed by atoms with Gasteiger partial charge < -0.3 is 14.5 Å². The molecule has 0 fully saturated rings. The molecule has 0 saturated heterocycles. The number of amides is 1. The van der Waals surface area contributed by atoms with Crippen LogP contribution in [0.4, 0.5) is 10.1 Å². The molecule has 158 valence electrons. The van der Waals surface area contributed by atoms with Crippen molar-refractivity contribution in [1.82, 2.24) is 9.78 Å². The number of nitrogens with one attached hydrogen (secondary N) is 1. The lowest BCUT2D eigenvalue weighted by Gasteiger charge is -2.05. The van der Waals surface area contributed by atoms with Crippen molar-refractivity contribution in [1.29, 1.82) is 0 Å². The Morgan fingerprint density at radius 2 is 1.97 bits per heavy atom. The minimum atomic E-state index is -0.427. The second-order valence-corrected chi connectivity index (χ2v) is 7.42. The monoisotopic (exact) mass is 459 g/mol. The highest BCUT2D eigenvalue weighted by Gasteiger charge is 2.14. The lowest BCUT2D eigenvalue weighted by molar-refractivity contribution is 0.0992. The molecule has 0 bridgehead atoms. The zero-order valence-corrected chi connectivity index (χ0v) is 17.5. The van der Waals surface area contributed by atoms with Crippen molar-refractivity contribution in [3.8, 4) is 5.75 Å². The van der Waals surface area contributed by atoms with Crippen molar-refractivity contribution in [2.24, 2.45) is 0 Å². The van der Waals surface area contributed by atoms with Gasteiger partial charge in [-0.25, -0.2) is 4.39 Å². The van der Waals surface area contributed by atoms with Crippen LogP contribution in [-0.2, 0) is 13.2 Å². The van der Waals surface area contributed by atoms with Crippen LogP contribution in [0.2, 0.25) is 10.0 Å². The Morgan fingerprint density at radius 3 is 2.77 bits per heavy atom. The van der Waals surface area contributed by atoms with E-state index in [1.54, 1.807) is 47.3 Å². The number of hydrogen-bond acceptors (Lipinski definition) is 4. The second-order valence-electron chi connectivity index (χ2n) is 6.60. The van der Waals surface area contributed by atoms with Gasteiger partial charge in [0.05, 0.1) is 23.5 Å². The lowest BCUT2D eigenvalue weighted by atomic mass is 10.2. The van der Waals surface area contributed by atoms with Crippen LogP contribution >= 0.6 is 23.2 Å². The van der Waals surface area contributed by atoms with Gasteiger partial charge in [-0.05, 0) is 42.0 Å². The highest BCUT2D eigenvalue weighted by atomic mass is 35.5. The first-order chi connectivity index (χ1) is 15.0. The molecule has 0 atom stereocenters. The van der Waals surface area contributed by atoms with Gasteiger partial charge in [-0.3, -0.25) is 9.48 Å². The molecule has 0 aliphatic heterocycles. The maximum Gasteiger partial charge on any atom is 0.291 e. The van der Waals surface area contributed by atoms with Gasteiger partial charge in [0.25, 0.3) is 5.91 Å². The summed E-state index contributed by atoms with van der Waals surface area (Å²) in [4.78, 5) is 12.4. The number of ether oxygens (including phenoxy) is 1. The minimum Gasteiger partial charge on any atom is -0.484 e. The number of aromatic nitrogens is 2. The molecule has 0 spiro atoms. The summed E-state index contributed by atoms with van der Waals surface area (Å²) in [5.74, 6) is 0.305. The van der Waals surface area contributed by atoms with E-state index in [1.165, 1.54) is 18.3 Å². The maximum absolute atomic E-state index is 13.2. The molecule has 0 unspecified atom stereocenters. The topological polar surface area (TPSA) is 69.3 Å². The van der Waals surface area contributed by atoms with E-state index < -0.39 is 11.7 Å². The number of nitrogens with zero attached hydrogens (tertiary/aromatic N) is 2. The van der Waals surface area contributed by atoms with Crippen molar-refractivity contribution >= 4 is 34.8 Å². The summed E-state index contributed by atoms with van der Waals surface area (Å²) >= 11 is 12.1. The quantitative estimate of drug-likeness (QED) is 0.379. The molecule has 0 aliphatic rings. The van der Waals surface area contributed by atoms with E-state index in [9.17, 15) is 9.18 Å². The van der Waals surface area contributed by atoms with Gasteiger partial charge in [0.1, 0.15) is 23.9 Å². The number of anilines is 1. The van der Waals surface area contributed by atoms with Gasteiger partial charge >= 0.3 is 0 Å². The molecular weight excluding hydrogens is 444 g/mol. The third-order valence-corrected chi connectivity index (χ3v) is 4.99. The Labute approximate surface area is 187 Å². The molecule has 0 saturated carbocycles. The molecule has 2 heterocycles. The zero-order chi connectivity index (χ0) is 21.8. The van der Waals surface area contributed by atoms with Crippen molar-refractivity contribution in [2.45, 2.75) is 13.2 Å². The van der Waals surface area contributed by atoms with E-state index in [1.807, 2.05) is 6.07 Å². The van der Waals surface area contributed by atoms with Crippen molar-refractivity contribution < 1.29 is 18.3 Å². The first kappa shape index (κ1) is 21.0. The van der Waals surface area contributed by atoms with Gasteiger partial charge in [-0.15, -0.1) is 0 Å². The fraction of sp³-hybridized carbons (Fsp3) is 0.0909. The van der Waals surface area contributed by atoms with E-state index in [0.29, 0.717) is 39.4 Å². The Morgan fingerprint density at radius 1 is 1.13 bits per heavy atom. The van der Waals surface area contributed by atoms with E-state index in [0.717, 1.165) is 0 Å². The summed E-state index contributed by atoms with van der Waals surface area (Å²) in [5, 5.41) is 7.70. The predicted molar refractivity (Wildman–Crippen MR) is 115 cm³/mol. The number of furan rings is 1. The van der Waals surface area contributed by atoms with Crippen molar-refractivity contribution in [2.75, 3.05) is 5.32 Å². The van der Waals surface area contributed by atoms with Crippen molar-refractivity contribution in [3.63, 3.8) is 0 Å². The summed E-state index contributed by atoms with van der Waals surface area (Å²) in [6, 6.07) is 14.5. The molecule has 6 nitrogen and oxygen atoms in total. The summed E-state index contributed by atoms with van der Waals surface area (Å²) in [6.45, 7) is 0.465. The molecule has 1 amide bonds. The predicted octanol–water partition coefficient (Wildman–Crippen LogP) is 5.80. The number of rotatable bonds is 7. The number of benzene rings is 2. The van der Waals surface area contributed by atoms with E-state index in [4.69, 9.17) is 32.4 Å². The Kier molecular flexibility index (Phi) is 6.25. The fourth-order valence-electron chi connectivity index (χ4n) is 2.82. The first-order valence-corrected chi connectivity index (χ1v) is 9.97. The third kappa shape index (κ3) is 5.25. The third-order valence-electron chi connectivity index (χ3n) is 4.33. The van der Waals surface area contributed by atoms with Crippen LogP contribution < -0.4 is 10.1 Å². The van der Waals surface area contributed by atoms with Gasteiger partial charge in [0, 0.05) is 11.2 Å². The normalized spacial score (nSPS) is 10.8. The zero-order valence-electron chi connectivity index (χ0n) is 16.0. The second kappa shape index (κ2) is 9.24. The lowest BCUT2D eigenvalue weighted by Crippen LogP contribution is -2.10. The average molecular weight is 460 g/mol. The number of para-hydroxylation sites is 1. The molecule has 4 rings (SSSR count). The van der Waals surface area contributed by atoms with Gasteiger partial charge in [-0.1, -0.05) is 41.4 Å². The summed E-state index contributed by atoms with van der Waals surface area (Å²) in [7, 11) is 0. The van der Waals surface area contributed by atoms with E-state index in [-0.39, 0.29) is 12.4 Å². The SMILES string of the molecule is O=C(Nc1cnn(Cc2ccc(F)cc2Cl)c1)c1ccc(COc2ccccc2Cl)o1. The molecule has 4 aromatic rings. The average Bonchev–Trinajstić information content (AvgIpc) is 3.39. The standard InChI is InChI=1S/C22H16Cl2FN3O3/c23-18-3-1-2-4-20(18)30-13-17-7-8-21(31-17)22(29)27-16-10-26-28(12-16)11-14-5-6-15(25)9-19(14)24/h1-10,12H,11,13H2,(H,27,29). The summed E-state index contributed by atoms with van der Waals surface area (Å²) in [6.07, 6.45) is 3.14. The van der Waals surface area contributed by atoms with Crippen molar-refractivity contribution in [3.05, 3.63) is 99.9 Å².